The molecule has 0 aliphatic heterocycles. The Balaban J connectivity index is 1.68. The summed E-state index contributed by atoms with van der Waals surface area (Å²) in [5, 5.41) is 14.0. The molecule has 130 valence electrons. The third-order valence-corrected chi connectivity index (χ3v) is 6.27. The van der Waals surface area contributed by atoms with E-state index in [2.05, 4.69) is 4.98 Å². The second-order valence-corrected chi connectivity index (χ2v) is 8.02. The van der Waals surface area contributed by atoms with Crippen LogP contribution in [-0.2, 0) is 6.42 Å². The molecule has 0 bridgehead atoms. The van der Waals surface area contributed by atoms with Crippen LogP contribution in [0.1, 0.15) is 26.4 Å². The summed E-state index contributed by atoms with van der Waals surface area (Å²) in [6.45, 7) is 0. The van der Waals surface area contributed by atoms with E-state index in [-0.39, 0.29) is 17.8 Å². The summed E-state index contributed by atoms with van der Waals surface area (Å²) in [5.41, 5.74) is 2.90. The molecule has 3 aromatic heterocycles. The third-order valence-electron chi connectivity index (χ3n) is 4.08. The lowest BCUT2D eigenvalue weighted by atomic mass is 10.0. The number of aromatic nitrogens is 1. The molecule has 0 radical (unpaired) electrons. The lowest BCUT2D eigenvalue weighted by molar-refractivity contribution is 0.0697. The largest absolute Gasteiger partial charge is 0.478 e. The second-order valence-electron chi connectivity index (χ2n) is 5.76. The van der Waals surface area contributed by atoms with Gasteiger partial charge in [-0.25, -0.2) is 4.79 Å². The van der Waals surface area contributed by atoms with E-state index in [4.69, 9.17) is 11.6 Å². The lowest BCUT2D eigenvalue weighted by Crippen LogP contribution is -2.08. The molecule has 26 heavy (non-hydrogen) atoms. The van der Waals surface area contributed by atoms with Gasteiger partial charge in [-0.3, -0.25) is 4.79 Å². The second kappa shape index (κ2) is 6.72. The molecule has 0 amide bonds. The smallest absolute Gasteiger partial charge is 0.337 e. The Morgan fingerprint density at radius 3 is 2.58 bits per heavy atom. The maximum Gasteiger partial charge on any atom is 0.337 e. The van der Waals surface area contributed by atoms with Crippen LogP contribution in [0.3, 0.4) is 0 Å². The number of carboxylic acids is 1. The van der Waals surface area contributed by atoms with Crippen LogP contribution in [0, 0.1) is 0 Å². The monoisotopic (exact) mass is 401 g/mol. The highest BCUT2D eigenvalue weighted by molar-refractivity contribution is 7.17. The Bertz CT molecular complexity index is 1090. The van der Waals surface area contributed by atoms with Gasteiger partial charge in [0, 0.05) is 16.3 Å². The van der Waals surface area contributed by atoms with Crippen molar-refractivity contribution in [2.75, 3.05) is 0 Å². The van der Waals surface area contributed by atoms with Gasteiger partial charge in [-0.1, -0.05) is 23.7 Å². The average molecular weight is 402 g/mol. The van der Waals surface area contributed by atoms with Crippen molar-refractivity contribution < 1.29 is 14.7 Å². The van der Waals surface area contributed by atoms with Crippen LogP contribution < -0.4 is 0 Å². The van der Waals surface area contributed by atoms with Crippen molar-refractivity contribution in [3.63, 3.8) is 0 Å². The number of halogens is 1. The minimum atomic E-state index is -1.04. The van der Waals surface area contributed by atoms with Gasteiger partial charge in [-0.05, 0) is 46.2 Å². The van der Waals surface area contributed by atoms with E-state index < -0.39 is 5.97 Å². The minimum absolute atomic E-state index is 0.0412. The molecular weight excluding hydrogens is 390 g/mol. The van der Waals surface area contributed by atoms with Gasteiger partial charge in [-0.15, -0.1) is 22.7 Å². The van der Waals surface area contributed by atoms with Crippen molar-refractivity contribution in [2.24, 2.45) is 0 Å². The van der Waals surface area contributed by atoms with Crippen LogP contribution in [0.15, 0.2) is 47.2 Å². The molecule has 7 heteroatoms. The Morgan fingerprint density at radius 2 is 1.88 bits per heavy atom. The fraction of sp³-hybridized carbons (Fsp3) is 0.0526. The number of carbonyl (C=O) groups excluding carboxylic acids is 1. The maximum absolute atomic E-state index is 12.6. The molecule has 0 saturated heterocycles. The van der Waals surface area contributed by atoms with E-state index in [1.807, 2.05) is 17.5 Å². The molecule has 2 N–H and O–H groups in total. The highest BCUT2D eigenvalue weighted by Gasteiger charge is 2.22. The number of fused-ring (bicyclic) bond motifs is 1. The normalized spacial score (nSPS) is 11.1. The number of aromatic carboxylic acids is 1. The fourth-order valence-corrected chi connectivity index (χ4v) is 4.82. The van der Waals surface area contributed by atoms with Crippen LogP contribution in [0.4, 0.5) is 0 Å². The number of H-pyrrole nitrogens is 1. The average Bonchev–Trinajstić information content (AvgIpc) is 3.29. The van der Waals surface area contributed by atoms with Gasteiger partial charge in [0.15, 0.2) is 5.78 Å². The molecule has 4 nitrogen and oxygen atoms in total. The first-order chi connectivity index (χ1) is 12.5. The van der Waals surface area contributed by atoms with Crippen molar-refractivity contribution in [3.05, 3.63) is 69.0 Å². The van der Waals surface area contributed by atoms with Crippen LogP contribution in [0.2, 0.25) is 5.02 Å². The molecule has 0 unspecified atom stereocenters. The van der Waals surface area contributed by atoms with Crippen molar-refractivity contribution in [1.29, 1.82) is 0 Å². The van der Waals surface area contributed by atoms with E-state index in [0.717, 1.165) is 15.8 Å². The number of hydrogen-bond acceptors (Lipinski definition) is 4. The predicted octanol–water partition coefficient (Wildman–Crippen LogP) is 5.73. The standard InChI is InChI=1S/C19H12ClNO3S2/c20-12-3-1-10(2-4-12)18-17(19(23)24)11(9-26-18)7-15(22)14-8-16-13(21-14)5-6-25-16/h1-6,8-9,21H,7H2,(H,23,24). The Morgan fingerprint density at radius 1 is 1.12 bits per heavy atom. The number of aromatic amines is 1. The number of Topliss-reactive ketones (excluding diaryl/α,β-unsaturated/α-hetero) is 1. The first kappa shape index (κ1) is 17.0. The molecule has 0 fully saturated rings. The number of benzene rings is 1. The van der Waals surface area contributed by atoms with Gasteiger partial charge in [-0.2, -0.15) is 0 Å². The molecule has 4 rings (SSSR count). The van der Waals surface area contributed by atoms with Crippen molar-refractivity contribution in [1.82, 2.24) is 4.98 Å². The molecule has 0 atom stereocenters. The molecule has 4 aromatic rings. The van der Waals surface area contributed by atoms with E-state index >= 15 is 0 Å². The maximum atomic E-state index is 12.6. The Hall–Kier alpha value is -2.41. The van der Waals surface area contributed by atoms with E-state index in [9.17, 15) is 14.7 Å². The van der Waals surface area contributed by atoms with Crippen LogP contribution in [0.5, 0.6) is 0 Å². The highest BCUT2D eigenvalue weighted by atomic mass is 35.5. The number of nitrogens with one attached hydrogen (secondary N) is 1. The molecule has 0 saturated carbocycles. The summed E-state index contributed by atoms with van der Waals surface area (Å²) in [6.07, 6.45) is 0.0412. The number of carbonyl (C=O) groups is 2. The zero-order valence-corrected chi connectivity index (χ0v) is 15.7. The molecule has 3 heterocycles. The van der Waals surface area contributed by atoms with E-state index in [1.165, 1.54) is 11.3 Å². The summed E-state index contributed by atoms with van der Waals surface area (Å²) in [7, 11) is 0. The van der Waals surface area contributed by atoms with E-state index in [1.54, 1.807) is 41.0 Å². The lowest BCUT2D eigenvalue weighted by Gasteiger charge is -2.04. The summed E-state index contributed by atoms with van der Waals surface area (Å²) in [6, 6.07) is 10.7. The zero-order valence-electron chi connectivity index (χ0n) is 13.3. The van der Waals surface area contributed by atoms with E-state index in [0.29, 0.717) is 21.2 Å². The van der Waals surface area contributed by atoms with Crippen LogP contribution >= 0.6 is 34.3 Å². The van der Waals surface area contributed by atoms with Gasteiger partial charge >= 0.3 is 5.97 Å². The first-order valence-corrected chi connectivity index (χ1v) is 9.85. The minimum Gasteiger partial charge on any atom is -0.478 e. The van der Waals surface area contributed by atoms with Crippen LogP contribution in [-0.4, -0.2) is 21.8 Å². The number of thiophene rings is 2. The highest BCUT2D eigenvalue weighted by Crippen LogP contribution is 2.34. The van der Waals surface area contributed by atoms with Crippen molar-refractivity contribution in [2.45, 2.75) is 6.42 Å². The van der Waals surface area contributed by atoms with Crippen LogP contribution in [0.25, 0.3) is 20.7 Å². The van der Waals surface area contributed by atoms with Crippen molar-refractivity contribution in [3.8, 4) is 10.4 Å². The first-order valence-electron chi connectivity index (χ1n) is 7.72. The van der Waals surface area contributed by atoms with Crippen molar-refractivity contribution >= 4 is 56.2 Å². The molecule has 0 aliphatic rings. The summed E-state index contributed by atoms with van der Waals surface area (Å²) >= 11 is 8.79. The topological polar surface area (TPSA) is 70.2 Å². The fourth-order valence-electron chi connectivity index (χ4n) is 2.84. The van der Waals surface area contributed by atoms with Gasteiger partial charge in [0.1, 0.15) is 0 Å². The number of hydrogen-bond donors (Lipinski definition) is 2. The quantitative estimate of drug-likeness (QED) is 0.419. The number of rotatable bonds is 5. The van der Waals surface area contributed by atoms with Gasteiger partial charge < -0.3 is 10.1 Å². The molecular formula is C19H12ClNO3S2. The summed E-state index contributed by atoms with van der Waals surface area (Å²) < 4.78 is 1.01. The van der Waals surface area contributed by atoms with Gasteiger partial charge in [0.25, 0.3) is 0 Å². The SMILES string of the molecule is O=C(Cc1csc(-c2ccc(Cl)cc2)c1C(=O)O)c1cc2sccc2[nH]1. The zero-order chi connectivity index (χ0) is 18.3. The number of carboxylic acid groups (broad SMARTS) is 1. The summed E-state index contributed by atoms with van der Waals surface area (Å²) in [5.74, 6) is -1.16. The van der Waals surface area contributed by atoms with Gasteiger partial charge in [0.05, 0.1) is 21.5 Å². The summed E-state index contributed by atoms with van der Waals surface area (Å²) in [4.78, 5) is 28.2. The third kappa shape index (κ3) is 3.07. The Labute approximate surface area is 161 Å². The molecule has 0 spiro atoms. The van der Waals surface area contributed by atoms with Gasteiger partial charge in [0.2, 0.25) is 0 Å². The number of ketones is 1. The molecule has 0 aliphatic carbocycles. The predicted molar refractivity (Wildman–Crippen MR) is 106 cm³/mol. The Kier molecular flexibility index (Phi) is 4.40. The molecule has 1 aromatic carbocycles.